The highest BCUT2D eigenvalue weighted by Gasteiger charge is 2.26. The molecule has 0 aliphatic carbocycles. The molecular weight excluding hydrogens is 300 g/mol. The smallest absolute Gasteiger partial charge is 0.274 e. The number of hydrogen-bond acceptors (Lipinski definition) is 2. The Kier molecular flexibility index (Phi) is 7.82. The quantitative estimate of drug-likeness (QED) is 0.673. The first kappa shape index (κ1) is 20.2. The molecule has 0 saturated carbocycles. The zero-order chi connectivity index (χ0) is 17.6. The number of rotatable bonds is 8. The second-order valence-corrected chi connectivity index (χ2v) is 9.63. The fraction of sp³-hybridized carbons (Fsp3) is 0.700. The van der Waals surface area contributed by atoms with Crippen LogP contribution in [-0.2, 0) is 24.7 Å². The van der Waals surface area contributed by atoms with Crippen molar-refractivity contribution in [3.05, 3.63) is 28.3 Å². The first-order chi connectivity index (χ1) is 10.8. The summed E-state index contributed by atoms with van der Waals surface area (Å²) in [5.74, 6) is 1.15. The van der Waals surface area contributed by atoms with E-state index in [2.05, 4.69) is 53.8 Å². The Morgan fingerprint density at radius 1 is 1.00 bits per heavy atom. The minimum Gasteiger partial charge on any atom is -0.542 e. The summed E-state index contributed by atoms with van der Waals surface area (Å²) in [4.78, 5) is 0. The molecule has 0 unspecified atom stereocenters. The summed E-state index contributed by atoms with van der Waals surface area (Å²) in [6.45, 7) is 15.9. The van der Waals surface area contributed by atoms with Gasteiger partial charge in [0, 0.05) is 6.61 Å². The lowest BCUT2D eigenvalue weighted by atomic mass is 9.77. The molecule has 0 aliphatic heterocycles. The van der Waals surface area contributed by atoms with E-state index >= 15 is 0 Å². The van der Waals surface area contributed by atoms with E-state index in [0.29, 0.717) is 0 Å². The minimum absolute atomic E-state index is 0.0618. The van der Waals surface area contributed by atoms with Crippen LogP contribution in [0.1, 0.15) is 69.7 Å². The van der Waals surface area contributed by atoms with Gasteiger partial charge in [-0.2, -0.15) is 0 Å². The van der Waals surface area contributed by atoms with Crippen LogP contribution in [0.3, 0.4) is 0 Å². The number of hydrogen-bond donors (Lipinski definition) is 1. The molecule has 0 amide bonds. The maximum absolute atomic E-state index is 9.54. The maximum atomic E-state index is 9.54. The normalized spacial score (nSPS) is 12.0. The fourth-order valence-corrected chi connectivity index (χ4v) is 4.04. The van der Waals surface area contributed by atoms with Crippen molar-refractivity contribution >= 4 is 9.04 Å². The number of aliphatic hydroxyl groups excluding tert-OH is 1. The van der Waals surface area contributed by atoms with Crippen LogP contribution in [0.2, 0.25) is 13.1 Å². The Morgan fingerprint density at radius 3 is 2.04 bits per heavy atom. The molecule has 3 heteroatoms. The van der Waals surface area contributed by atoms with Gasteiger partial charge in [0.15, 0.2) is 0 Å². The van der Waals surface area contributed by atoms with Crippen molar-refractivity contribution in [2.24, 2.45) is 0 Å². The van der Waals surface area contributed by atoms with Gasteiger partial charge in [-0.15, -0.1) is 0 Å². The first-order valence-electron chi connectivity index (χ1n) is 9.03. The summed E-state index contributed by atoms with van der Waals surface area (Å²) in [6.07, 6.45) is 5.06. The summed E-state index contributed by atoms with van der Waals surface area (Å²) >= 11 is 0. The molecule has 1 radical (unpaired) electrons. The van der Waals surface area contributed by atoms with Crippen molar-refractivity contribution in [2.45, 2.75) is 85.2 Å². The molecule has 0 fully saturated rings. The van der Waals surface area contributed by atoms with Crippen molar-refractivity contribution in [1.29, 1.82) is 0 Å². The topological polar surface area (TPSA) is 29.5 Å². The molecule has 0 saturated heterocycles. The third-order valence-electron chi connectivity index (χ3n) is 3.99. The summed E-state index contributed by atoms with van der Waals surface area (Å²) < 4.78 is 6.39. The molecule has 1 aromatic carbocycles. The van der Waals surface area contributed by atoms with Crippen LogP contribution in [0.5, 0.6) is 5.75 Å². The first-order valence-corrected chi connectivity index (χ1v) is 11.4. The lowest BCUT2D eigenvalue weighted by Gasteiger charge is -2.30. The standard InChI is InChI=1S/C20H35O2Si/c1-8-10-16-14-15(12-13-21)18(20(3,4)5)17(11-9-2)19(16)22-23(6)7/h14,21H,8-13H2,1-7H3. The molecule has 1 aromatic rings. The third kappa shape index (κ3) is 5.35. The SMILES string of the molecule is CCCc1cc(CCO)c(C(C)(C)C)c(CCC)c1O[Si](C)C. The van der Waals surface area contributed by atoms with E-state index in [0.717, 1.165) is 37.9 Å². The predicted octanol–water partition coefficient (Wildman–Crippen LogP) is 5.05. The van der Waals surface area contributed by atoms with Crippen LogP contribution in [-0.4, -0.2) is 20.8 Å². The van der Waals surface area contributed by atoms with Gasteiger partial charge in [-0.3, -0.25) is 0 Å². The molecule has 2 nitrogen and oxygen atoms in total. The molecular formula is C20H35O2Si. The summed E-state index contributed by atoms with van der Waals surface area (Å²) in [6, 6.07) is 2.31. The van der Waals surface area contributed by atoms with E-state index in [-0.39, 0.29) is 12.0 Å². The van der Waals surface area contributed by atoms with E-state index in [9.17, 15) is 5.11 Å². The zero-order valence-electron chi connectivity index (χ0n) is 16.2. The Hall–Kier alpha value is -0.803. The molecule has 1 N–H and O–H groups in total. The Morgan fingerprint density at radius 2 is 1.61 bits per heavy atom. The molecule has 0 aliphatic rings. The van der Waals surface area contributed by atoms with Crippen molar-refractivity contribution in [2.75, 3.05) is 6.61 Å². The van der Waals surface area contributed by atoms with Gasteiger partial charge in [-0.25, -0.2) is 0 Å². The van der Waals surface area contributed by atoms with Gasteiger partial charge in [0.25, 0.3) is 9.04 Å². The Labute approximate surface area is 145 Å². The highest BCUT2D eigenvalue weighted by Crippen LogP contribution is 2.39. The van der Waals surface area contributed by atoms with Gasteiger partial charge in [0.1, 0.15) is 5.75 Å². The zero-order valence-corrected chi connectivity index (χ0v) is 17.2. The average Bonchev–Trinajstić information content (AvgIpc) is 2.41. The summed E-state index contributed by atoms with van der Waals surface area (Å²) in [7, 11) is -0.802. The highest BCUT2D eigenvalue weighted by atomic mass is 28.3. The van der Waals surface area contributed by atoms with Gasteiger partial charge in [-0.05, 0) is 60.0 Å². The molecule has 0 spiro atoms. The van der Waals surface area contributed by atoms with Gasteiger partial charge in [-0.1, -0.05) is 53.5 Å². The van der Waals surface area contributed by atoms with Crippen molar-refractivity contribution in [3.8, 4) is 5.75 Å². The molecule has 1 rings (SSSR count). The largest absolute Gasteiger partial charge is 0.542 e. The predicted molar refractivity (Wildman–Crippen MR) is 102 cm³/mol. The lowest BCUT2D eigenvalue weighted by Crippen LogP contribution is -2.22. The van der Waals surface area contributed by atoms with Gasteiger partial charge < -0.3 is 9.53 Å². The molecule has 131 valence electrons. The van der Waals surface area contributed by atoms with E-state index in [1.165, 1.54) is 22.3 Å². The maximum Gasteiger partial charge on any atom is 0.274 e. The van der Waals surface area contributed by atoms with E-state index in [1.54, 1.807) is 0 Å². The molecule has 0 bridgehead atoms. The Balaban J connectivity index is 3.68. The number of aliphatic hydroxyl groups is 1. The summed E-state index contributed by atoms with van der Waals surface area (Å²) in [5, 5.41) is 9.54. The van der Waals surface area contributed by atoms with Crippen LogP contribution < -0.4 is 4.43 Å². The van der Waals surface area contributed by atoms with E-state index in [1.807, 2.05) is 0 Å². The average molecular weight is 336 g/mol. The number of aryl methyl sites for hydroxylation is 1. The van der Waals surface area contributed by atoms with Crippen LogP contribution in [0.15, 0.2) is 6.07 Å². The van der Waals surface area contributed by atoms with Crippen LogP contribution >= 0.6 is 0 Å². The summed E-state index contributed by atoms with van der Waals surface area (Å²) in [5.41, 5.74) is 5.48. The van der Waals surface area contributed by atoms with Crippen LogP contribution in [0.4, 0.5) is 0 Å². The van der Waals surface area contributed by atoms with Crippen molar-refractivity contribution < 1.29 is 9.53 Å². The van der Waals surface area contributed by atoms with Gasteiger partial charge in [0.05, 0.1) is 0 Å². The minimum atomic E-state index is -0.802. The monoisotopic (exact) mass is 335 g/mol. The van der Waals surface area contributed by atoms with Crippen LogP contribution in [0, 0.1) is 0 Å². The highest BCUT2D eigenvalue weighted by molar-refractivity contribution is 6.49. The van der Waals surface area contributed by atoms with Crippen molar-refractivity contribution in [3.63, 3.8) is 0 Å². The number of benzene rings is 1. The van der Waals surface area contributed by atoms with Gasteiger partial charge in [0.2, 0.25) is 0 Å². The lowest BCUT2D eigenvalue weighted by molar-refractivity contribution is 0.298. The second-order valence-electron chi connectivity index (χ2n) is 7.61. The fourth-order valence-electron chi connectivity index (χ4n) is 3.38. The molecule has 0 aromatic heterocycles. The van der Waals surface area contributed by atoms with E-state index in [4.69, 9.17) is 4.43 Å². The van der Waals surface area contributed by atoms with E-state index < -0.39 is 9.04 Å². The molecule has 0 heterocycles. The van der Waals surface area contributed by atoms with Crippen LogP contribution in [0.25, 0.3) is 0 Å². The second kappa shape index (κ2) is 8.88. The third-order valence-corrected chi connectivity index (χ3v) is 4.61. The van der Waals surface area contributed by atoms with Gasteiger partial charge >= 0.3 is 0 Å². The molecule has 23 heavy (non-hydrogen) atoms. The Bertz CT molecular complexity index is 501. The molecule has 0 atom stereocenters. The van der Waals surface area contributed by atoms with Crippen molar-refractivity contribution in [1.82, 2.24) is 0 Å².